The summed E-state index contributed by atoms with van der Waals surface area (Å²) < 4.78 is 23.9. The Morgan fingerprint density at radius 1 is 1.10 bits per heavy atom. The average molecular weight is 305 g/mol. The van der Waals surface area contributed by atoms with E-state index in [1.54, 1.807) is 0 Å². The fourth-order valence-corrected chi connectivity index (χ4v) is 5.24. The SMILES string of the molecule is CCO[Si]1(OCC)CCCOCC(CN(CC)CC)O1. The molecule has 1 fully saturated rings. The van der Waals surface area contributed by atoms with Gasteiger partial charge in [-0.05, 0) is 33.4 Å². The first kappa shape index (κ1) is 18.1. The molecule has 1 rings (SSSR count). The molecule has 0 aromatic rings. The highest BCUT2D eigenvalue weighted by Crippen LogP contribution is 2.22. The molecule has 0 radical (unpaired) electrons. The second-order valence-corrected chi connectivity index (χ2v) is 7.63. The predicted octanol–water partition coefficient (Wildman–Crippen LogP) is 2.15. The minimum atomic E-state index is -2.53. The molecular formula is C14H31NO4Si. The highest BCUT2D eigenvalue weighted by Gasteiger charge is 2.43. The van der Waals surface area contributed by atoms with Gasteiger partial charge in [0.2, 0.25) is 0 Å². The second kappa shape index (κ2) is 9.86. The molecule has 0 spiro atoms. The Labute approximate surface area is 124 Å². The summed E-state index contributed by atoms with van der Waals surface area (Å²) in [5.74, 6) is 0. The second-order valence-electron chi connectivity index (χ2n) is 4.95. The maximum absolute atomic E-state index is 6.32. The van der Waals surface area contributed by atoms with Crippen LogP contribution >= 0.6 is 0 Å². The van der Waals surface area contributed by atoms with Gasteiger partial charge in [0, 0.05) is 32.4 Å². The fourth-order valence-electron chi connectivity index (χ4n) is 2.51. The van der Waals surface area contributed by atoms with Gasteiger partial charge in [0.15, 0.2) is 0 Å². The first-order valence-corrected chi connectivity index (χ1v) is 9.88. The molecule has 6 heteroatoms. The van der Waals surface area contributed by atoms with Crippen molar-refractivity contribution in [1.29, 1.82) is 0 Å². The van der Waals surface area contributed by atoms with Gasteiger partial charge >= 0.3 is 8.80 Å². The van der Waals surface area contributed by atoms with E-state index >= 15 is 0 Å². The lowest BCUT2D eigenvalue weighted by Crippen LogP contribution is -2.53. The van der Waals surface area contributed by atoms with Crippen molar-refractivity contribution in [3.8, 4) is 0 Å². The summed E-state index contributed by atoms with van der Waals surface area (Å²) in [6.07, 6.45) is 0.990. The summed E-state index contributed by atoms with van der Waals surface area (Å²) in [6.45, 7) is 14.0. The molecule has 1 saturated heterocycles. The highest BCUT2D eigenvalue weighted by molar-refractivity contribution is 6.60. The van der Waals surface area contributed by atoms with Gasteiger partial charge in [0.1, 0.15) is 0 Å². The molecule has 120 valence electrons. The van der Waals surface area contributed by atoms with E-state index in [0.717, 1.165) is 38.7 Å². The van der Waals surface area contributed by atoms with E-state index < -0.39 is 8.80 Å². The molecule has 0 aliphatic carbocycles. The summed E-state index contributed by atoms with van der Waals surface area (Å²) >= 11 is 0. The number of hydrogen-bond acceptors (Lipinski definition) is 5. The van der Waals surface area contributed by atoms with Crippen molar-refractivity contribution in [3.05, 3.63) is 0 Å². The highest BCUT2D eigenvalue weighted by atomic mass is 28.4. The van der Waals surface area contributed by atoms with Crippen LogP contribution in [0.15, 0.2) is 0 Å². The number of likely N-dealkylation sites (N-methyl/N-ethyl adjacent to an activating group) is 1. The van der Waals surface area contributed by atoms with Crippen LogP contribution in [-0.2, 0) is 18.0 Å². The lowest BCUT2D eigenvalue weighted by atomic mass is 10.3. The van der Waals surface area contributed by atoms with E-state index in [1.807, 2.05) is 13.8 Å². The molecule has 0 saturated carbocycles. The van der Waals surface area contributed by atoms with E-state index in [4.69, 9.17) is 18.0 Å². The summed E-state index contributed by atoms with van der Waals surface area (Å²) in [6, 6.07) is 0.851. The summed E-state index contributed by atoms with van der Waals surface area (Å²) in [4.78, 5) is 2.35. The Balaban J connectivity index is 2.71. The molecular weight excluding hydrogens is 274 g/mol. The zero-order valence-corrected chi connectivity index (χ0v) is 14.5. The van der Waals surface area contributed by atoms with Crippen molar-refractivity contribution in [2.75, 3.05) is 46.1 Å². The zero-order valence-electron chi connectivity index (χ0n) is 13.5. The molecule has 20 heavy (non-hydrogen) atoms. The van der Waals surface area contributed by atoms with Gasteiger partial charge in [0.05, 0.1) is 12.7 Å². The van der Waals surface area contributed by atoms with Gasteiger partial charge < -0.3 is 22.9 Å². The third-order valence-electron chi connectivity index (χ3n) is 3.51. The summed E-state index contributed by atoms with van der Waals surface area (Å²) in [7, 11) is -2.53. The van der Waals surface area contributed by atoms with Crippen molar-refractivity contribution >= 4 is 8.80 Å². The van der Waals surface area contributed by atoms with Crippen molar-refractivity contribution in [1.82, 2.24) is 4.90 Å². The van der Waals surface area contributed by atoms with E-state index in [-0.39, 0.29) is 6.10 Å². The predicted molar refractivity (Wildman–Crippen MR) is 81.9 cm³/mol. The first-order chi connectivity index (χ1) is 9.69. The molecule has 1 atom stereocenters. The van der Waals surface area contributed by atoms with Gasteiger partial charge in [-0.25, -0.2) is 0 Å². The number of ether oxygens (including phenoxy) is 1. The normalized spacial score (nSPS) is 23.6. The van der Waals surface area contributed by atoms with Crippen LogP contribution in [0, 0.1) is 0 Å². The van der Waals surface area contributed by atoms with Crippen LogP contribution in [0.2, 0.25) is 6.04 Å². The largest absolute Gasteiger partial charge is 0.501 e. The topological polar surface area (TPSA) is 40.2 Å². The number of nitrogens with zero attached hydrogens (tertiary/aromatic N) is 1. The monoisotopic (exact) mass is 305 g/mol. The van der Waals surface area contributed by atoms with Crippen LogP contribution in [0.25, 0.3) is 0 Å². The molecule has 0 aromatic carbocycles. The molecule has 5 nitrogen and oxygen atoms in total. The van der Waals surface area contributed by atoms with Crippen LogP contribution < -0.4 is 0 Å². The Hall–Kier alpha value is 0.0169. The molecule has 0 N–H and O–H groups in total. The van der Waals surface area contributed by atoms with Gasteiger partial charge in [0.25, 0.3) is 0 Å². The Kier molecular flexibility index (Phi) is 8.91. The first-order valence-electron chi connectivity index (χ1n) is 7.95. The average Bonchev–Trinajstić information content (AvgIpc) is 2.42. The van der Waals surface area contributed by atoms with E-state index in [2.05, 4.69) is 18.7 Å². The van der Waals surface area contributed by atoms with Crippen LogP contribution in [0.4, 0.5) is 0 Å². The molecule has 0 bridgehead atoms. The smallest absolute Gasteiger partial charge is 0.379 e. The molecule has 1 aliphatic rings. The van der Waals surface area contributed by atoms with E-state index in [9.17, 15) is 0 Å². The van der Waals surface area contributed by atoms with E-state index in [1.165, 1.54) is 0 Å². The van der Waals surface area contributed by atoms with Gasteiger partial charge in [-0.1, -0.05) is 13.8 Å². The van der Waals surface area contributed by atoms with Crippen molar-refractivity contribution in [3.63, 3.8) is 0 Å². The molecule has 0 aromatic heterocycles. The zero-order chi connectivity index (χ0) is 14.8. The van der Waals surface area contributed by atoms with Crippen molar-refractivity contribution < 1.29 is 18.0 Å². The third kappa shape index (κ3) is 5.79. The minimum Gasteiger partial charge on any atom is -0.379 e. The molecule has 1 aliphatic heterocycles. The van der Waals surface area contributed by atoms with Crippen molar-refractivity contribution in [2.24, 2.45) is 0 Å². The van der Waals surface area contributed by atoms with Crippen LogP contribution in [0.1, 0.15) is 34.1 Å². The fraction of sp³-hybridized carbons (Fsp3) is 1.00. The van der Waals surface area contributed by atoms with Gasteiger partial charge in [-0.2, -0.15) is 0 Å². The molecule has 1 unspecified atom stereocenters. The van der Waals surface area contributed by atoms with Crippen LogP contribution in [0.5, 0.6) is 0 Å². The summed E-state index contributed by atoms with van der Waals surface area (Å²) in [5, 5.41) is 0. The Bertz CT molecular complexity index is 245. The minimum absolute atomic E-state index is 0.0416. The lowest BCUT2D eigenvalue weighted by molar-refractivity contribution is -0.0355. The van der Waals surface area contributed by atoms with Crippen LogP contribution in [-0.4, -0.2) is 65.9 Å². The third-order valence-corrected chi connectivity index (χ3v) is 6.62. The number of rotatable bonds is 8. The maximum atomic E-state index is 6.32. The Morgan fingerprint density at radius 2 is 1.75 bits per heavy atom. The standard InChI is InChI=1S/C14H31NO4Si/c1-5-15(6-2)12-14-13-16-10-9-11-20(19-14,17-7-3)18-8-4/h14H,5-13H2,1-4H3. The number of hydrogen-bond donors (Lipinski definition) is 0. The van der Waals surface area contributed by atoms with Crippen molar-refractivity contribution in [2.45, 2.75) is 46.3 Å². The van der Waals surface area contributed by atoms with Gasteiger partial charge in [-0.3, -0.25) is 0 Å². The Morgan fingerprint density at radius 3 is 2.30 bits per heavy atom. The maximum Gasteiger partial charge on any atom is 0.501 e. The molecule has 1 heterocycles. The van der Waals surface area contributed by atoms with Gasteiger partial charge in [-0.15, -0.1) is 0 Å². The van der Waals surface area contributed by atoms with E-state index in [0.29, 0.717) is 19.8 Å². The molecule has 0 amide bonds. The quantitative estimate of drug-likeness (QED) is 0.643. The summed E-state index contributed by atoms with van der Waals surface area (Å²) in [5.41, 5.74) is 0. The van der Waals surface area contributed by atoms with Crippen LogP contribution in [0.3, 0.4) is 0 Å². The lowest BCUT2D eigenvalue weighted by Gasteiger charge is -2.36.